The van der Waals surface area contributed by atoms with Crippen LogP contribution in [0, 0.1) is 11.8 Å². The number of carbonyl (C=O) groups excluding carboxylic acids is 1. The molecule has 3 nitrogen and oxygen atoms in total. The summed E-state index contributed by atoms with van der Waals surface area (Å²) in [6.07, 6.45) is 3.65. The zero-order valence-electron chi connectivity index (χ0n) is 11.7. The number of rotatable bonds is 3. The highest BCUT2D eigenvalue weighted by atomic mass is 16.6. The van der Waals surface area contributed by atoms with Gasteiger partial charge in [-0.15, -0.1) is 0 Å². The second-order valence-corrected chi connectivity index (χ2v) is 6.24. The van der Waals surface area contributed by atoms with Crippen molar-refractivity contribution in [2.75, 3.05) is 0 Å². The SMILES string of the molecule is CCC1CCCC1(O)C(C)C(=O)OC(C)(C)C. The largest absolute Gasteiger partial charge is 0.460 e. The van der Waals surface area contributed by atoms with E-state index in [0.717, 1.165) is 19.3 Å². The summed E-state index contributed by atoms with van der Waals surface area (Å²) in [5.41, 5.74) is -1.35. The number of aliphatic hydroxyl groups is 1. The smallest absolute Gasteiger partial charge is 0.312 e. The molecule has 1 fully saturated rings. The zero-order chi connectivity index (χ0) is 13.3. The molecule has 0 aromatic rings. The second-order valence-electron chi connectivity index (χ2n) is 6.24. The Morgan fingerprint density at radius 3 is 2.59 bits per heavy atom. The topological polar surface area (TPSA) is 46.5 Å². The van der Waals surface area contributed by atoms with Gasteiger partial charge < -0.3 is 9.84 Å². The molecule has 100 valence electrons. The van der Waals surface area contributed by atoms with Gasteiger partial charge in [0.1, 0.15) is 5.60 Å². The average molecular weight is 242 g/mol. The van der Waals surface area contributed by atoms with Gasteiger partial charge in [-0.1, -0.05) is 19.8 Å². The first kappa shape index (κ1) is 14.5. The van der Waals surface area contributed by atoms with E-state index in [9.17, 15) is 9.90 Å². The molecule has 1 saturated carbocycles. The van der Waals surface area contributed by atoms with E-state index in [1.165, 1.54) is 0 Å². The molecule has 1 aliphatic rings. The second kappa shape index (κ2) is 4.97. The fraction of sp³-hybridized carbons (Fsp3) is 0.929. The number of carbonyl (C=O) groups is 1. The molecule has 0 amide bonds. The third-order valence-electron chi connectivity index (χ3n) is 3.84. The number of esters is 1. The first-order chi connectivity index (χ1) is 7.70. The molecule has 1 N–H and O–H groups in total. The standard InChI is InChI=1S/C14H26O3/c1-6-11-8-7-9-14(11,16)10(2)12(15)17-13(3,4)5/h10-11,16H,6-9H2,1-5H3. The lowest BCUT2D eigenvalue weighted by Crippen LogP contribution is -2.45. The van der Waals surface area contributed by atoms with E-state index in [-0.39, 0.29) is 11.9 Å². The molecule has 17 heavy (non-hydrogen) atoms. The molecule has 0 aromatic heterocycles. The molecule has 0 radical (unpaired) electrons. The minimum absolute atomic E-state index is 0.227. The summed E-state index contributed by atoms with van der Waals surface area (Å²) in [6, 6.07) is 0. The van der Waals surface area contributed by atoms with Crippen LogP contribution < -0.4 is 0 Å². The van der Waals surface area contributed by atoms with Gasteiger partial charge in [0.25, 0.3) is 0 Å². The first-order valence-corrected chi connectivity index (χ1v) is 6.66. The number of hydrogen-bond acceptors (Lipinski definition) is 3. The average Bonchev–Trinajstić information content (AvgIpc) is 2.57. The van der Waals surface area contributed by atoms with Gasteiger partial charge in [0, 0.05) is 0 Å². The Bertz CT molecular complexity index is 280. The van der Waals surface area contributed by atoms with E-state index >= 15 is 0 Å². The van der Waals surface area contributed by atoms with Crippen molar-refractivity contribution in [2.45, 2.75) is 71.5 Å². The predicted octanol–water partition coefficient (Wildman–Crippen LogP) is 2.91. The molecule has 0 aromatic carbocycles. The van der Waals surface area contributed by atoms with Crippen molar-refractivity contribution in [1.29, 1.82) is 0 Å². The lowest BCUT2D eigenvalue weighted by molar-refractivity contribution is -0.171. The van der Waals surface area contributed by atoms with Crippen molar-refractivity contribution < 1.29 is 14.6 Å². The summed E-state index contributed by atoms with van der Waals surface area (Å²) < 4.78 is 5.37. The molecular formula is C14H26O3. The van der Waals surface area contributed by atoms with Gasteiger partial charge in [-0.05, 0) is 46.5 Å². The van der Waals surface area contributed by atoms with Crippen LogP contribution in [-0.4, -0.2) is 22.3 Å². The quantitative estimate of drug-likeness (QED) is 0.774. The highest BCUT2D eigenvalue weighted by Gasteiger charge is 2.48. The van der Waals surface area contributed by atoms with Crippen LogP contribution in [0.15, 0.2) is 0 Å². The Hall–Kier alpha value is -0.570. The molecular weight excluding hydrogens is 216 g/mol. The minimum Gasteiger partial charge on any atom is -0.460 e. The predicted molar refractivity (Wildman–Crippen MR) is 67.6 cm³/mol. The van der Waals surface area contributed by atoms with Crippen LogP contribution in [0.3, 0.4) is 0 Å². The summed E-state index contributed by atoms with van der Waals surface area (Å²) in [5, 5.41) is 10.7. The van der Waals surface area contributed by atoms with Crippen molar-refractivity contribution in [3.05, 3.63) is 0 Å². The van der Waals surface area contributed by atoms with Crippen LogP contribution in [0.5, 0.6) is 0 Å². The molecule has 0 bridgehead atoms. The molecule has 0 saturated heterocycles. The van der Waals surface area contributed by atoms with Gasteiger partial charge in [-0.3, -0.25) is 4.79 Å². The summed E-state index contributed by atoms with van der Waals surface area (Å²) in [6.45, 7) is 9.43. The van der Waals surface area contributed by atoms with Crippen LogP contribution in [0.25, 0.3) is 0 Å². The third-order valence-corrected chi connectivity index (χ3v) is 3.84. The fourth-order valence-corrected chi connectivity index (χ4v) is 2.81. The van der Waals surface area contributed by atoms with Gasteiger partial charge in [-0.25, -0.2) is 0 Å². The Morgan fingerprint density at radius 1 is 1.53 bits per heavy atom. The maximum Gasteiger partial charge on any atom is 0.312 e. The van der Waals surface area contributed by atoms with Gasteiger partial charge in [-0.2, -0.15) is 0 Å². The summed E-state index contributed by atoms with van der Waals surface area (Å²) in [4.78, 5) is 12.0. The summed E-state index contributed by atoms with van der Waals surface area (Å²) >= 11 is 0. The van der Waals surface area contributed by atoms with Crippen LogP contribution in [-0.2, 0) is 9.53 Å². The molecule has 0 spiro atoms. The van der Waals surface area contributed by atoms with Crippen LogP contribution >= 0.6 is 0 Å². The maximum absolute atomic E-state index is 12.0. The van der Waals surface area contributed by atoms with Gasteiger partial charge in [0.2, 0.25) is 0 Å². The lowest BCUT2D eigenvalue weighted by atomic mass is 9.78. The molecule has 0 aliphatic heterocycles. The third kappa shape index (κ3) is 3.21. The monoisotopic (exact) mass is 242 g/mol. The van der Waals surface area contributed by atoms with Crippen molar-refractivity contribution >= 4 is 5.97 Å². The minimum atomic E-state index is -0.864. The van der Waals surface area contributed by atoms with Crippen molar-refractivity contribution in [3.63, 3.8) is 0 Å². The van der Waals surface area contributed by atoms with Crippen molar-refractivity contribution in [3.8, 4) is 0 Å². The van der Waals surface area contributed by atoms with E-state index in [0.29, 0.717) is 6.42 Å². The van der Waals surface area contributed by atoms with Gasteiger partial charge in [0.15, 0.2) is 0 Å². The van der Waals surface area contributed by atoms with E-state index in [1.807, 2.05) is 20.8 Å². The van der Waals surface area contributed by atoms with Crippen LogP contribution in [0.2, 0.25) is 0 Å². The molecule has 3 heteroatoms. The maximum atomic E-state index is 12.0. The Kier molecular flexibility index (Phi) is 4.23. The van der Waals surface area contributed by atoms with Gasteiger partial charge >= 0.3 is 5.97 Å². The van der Waals surface area contributed by atoms with Crippen LogP contribution in [0.1, 0.15) is 60.3 Å². The molecule has 1 rings (SSSR count). The molecule has 3 unspecified atom stereocenters. The van der Waals surface area contributed by atoms with E-state index in [1.54, 1.807) is 6.92 Å². The Labute approximate surface area is 105 Å². The first-order valence-electron chi connectivity index (χ1n) is 6.66. The molecule has 0 heterocycles. The molecule has 3 atom stereocenters. The number of ether oxygens (including phenoxy) is 1. The highest BCUT2D eigenvalue weighted by molar-refractivity contribution is 5.74. The van der Waals surface area contributed by atoms with Crippen LogP contribution in [0.4, 0.5) is 0 Å². The van der Waals surface area contributed by atoms with E-state index in [2.05, 4.69) is 6.92 Å². The zero-order valence-corrected chi connectivity index (χ0v) is 11.7. The fourth-order valence-electron chi connectivity index (χ4n) is 2.81. The van der Waals surface area contributed by atoms with Crippen molar-refractivity contribution in [1.82, 2.24) is 0 Å². The van der Waals surface area contributed by atoms with E-state index < -0.39 is 17.1 Å². The summed E-state index contributed by atoms with van der Waals surface area (Å²) in [7, 11) is 0. The van der Waals surface area contributed by atoms with Crippen molar-refractivity contribution in [2.24, 2.45) is 11.8 Å². The summed E-state index contributed by atoms with van der Waals surface area (Å²) in [5.74, 6) is -0.487. The molecule has 1 aliphatic carbocycles. The Morgan fingerprint density at radius 2 is 2.12 bits per heavy atom. The van der Waals surface area contributed by atoms with E-state index in [4.69, 9.17) is 4.74 Å². The number of hydrogen-bond donors (Lipinski definition) is 1. The lowest BCUT2D eigenvalue weighted by Gasteiger charge is -2.35. The highest BCUT2D eigenvalue weighted by Crippen LogP contribution is 2.43. The van der Waals surface area contributed by atoms with Gasteiger partial charge in [0.05, 0.1) is 11.5 Å². The Balaban J connectivity index is 2.74. The normalized spacial score (nSPS) is 31.3.